The van der Waals surface area contributed by atoms with E-state index >= 15 is 0 Å². The van der Waals surface area contributed by atoms with Crippen molar-refractivity contribution in [3.8, 4) is 0 Å². The summed E-state index contributed by atoms with van der Waals surface area (Å²) in [6.45, 7) is 5.86. The second kappa shape index (κ2) is 6.59. The van der Waals surface area contributed by atoms with Crippen LogP contribution in [0.1, 0.15) is 63.3 Å². The molecular weight excluding hydrogens is 264 g/mol. The van der Waals surface area contributed by atoms with Crippen molar-refractivity contribution in [2.24, 2.45) is 0 Å². The number of hydrogen-bond acceptors (Lipinski definition) is 3. The Labute approximate surface area is 127 Å². The second-order valence-electron chi connectivity index (χ2n) is 6.50. The summed E-state index contributed by atoms with van der Waals surface area (Å²) >= 11 is 1.92. The van der Waals surface area contributed by atoms with Gasteiger partial charge in [0, 0.05) is 29.0 Å². The third kappa shape index (κ3) is 2.95. The molecule has 3 atom stereocenters. The summed E-state index contributed by atoms with van der Waals surface area (Å²) in [5.41, 5.74) is 0. The van der Waals surface area contributed by atoms with Gasteiger partial charge in [0.2, 0.25) is 0 Å². The summed E-state index contributed by atoms with van der Waals surface area (Å²) in [5.74, 6) is 0. The molecule has 0 spiro atoms. The molecule has 1 N–H and O–H groups in total. The Kier molecular flexibility index (Phi) is 4.79. The third-order valence-corrected chi connectivity index (χ3v) is 6.16. The van der Waals surface area contributed by atoms with Gasteiger partial charge in [-0.25, -0.2) is 0 Å². The van der Waals surface area contributed by atoms with Gasteiger partial charge >= 0.3 is 0 Å². The van der Waals surface area contributed by atoms with E-state index in [1.54, 1.807) is 4.88 Å². The Balaban J connectivity index is 1.70. The van der Waals surface area contributed by atoms with E-state index in [0.29, 0.717) is 6.04 Å². The number of fused-ring (bicyclic) bond motifs is 2. The molecule has 0 amide bonds. The number of hydrogen-bond donors (Lipinski definition) is 1. The van der Waals surface area contributed by atoms with Gasteiger partial charge in [-0.3, -0.25) is 4.90 Å². The number of piperidine rings is 2. The lowest BCUT2D eigenvalue weighted by atomic mass is 9.80. The molecule has 1 aromatic heterocycles. The molecule has 2 aliphatic heterocycles. The van der Waals surface area contributed by atoms with Gasteiger partial charge in [-0.2, -0.15) is 0 Å². The van der Waals surface area contributed by atoms with Crippen molar-refractivity contribution >= 4 is 11.3 Å². The fourth-order valence-corrected chi connectivity index (χ4v) is 5.03. The standard InChI is InChI=1S/C17H28N2S/c1-3-9-18-14-11-15-6-4-7-16(12-14)19(15)13(2)17-8-5-10-20-17/h5,8,10,13-16,18H,3-4,6-7,9,11-12H2,1-2H3. The van der Waals surface area contributed by atoms with E-state index < -0.39 is 0 Å². The number of thiophene rings is 1. The Morgan fingerprint density at radius 2 is 2.10 bits per heavy atom. The first-order valence-corrected chi connectivity index (χ1v) is 9.21. The summed E-state index contributed by atoms with van der Waals surface area (Å²) in [6.07, 6.45) is 8.19. The summed E-state index contributed by atoms with van der Waals surface area (Å²) < 4.78 is 0. The molecule has 2 aliphatic rings. The highest BCUT2D eigenvalue weighted by Gasteiger charge is 2.40. The van der Waals surface area contributed by atoms with Gasteiger partial charge in [-0.05, 0) is 57.0 Å². The van der Waals surface area contributed by atoms with Crippen LogP contribution in [-0.4, -0.2) is 29.6 Å². The molecule has 0 aliphatic carbocycles. The first-order valence-electron chi connectivity index (χ1n) is 8.33. The molecule has 3 unspecified atom stereocenters. The third-order valence-electron chi connectivity index (χ3n) is 5.12. The highest BCUT2D eigenvalue weighted by Crippen LogP contribution is 2.40. The van der Waals surface area contributed by atoms with Crippen LogP contribution >= 0.6 is 11.3 Å². The van der Waals surface area contributed by atoms with Crippen molar-refractivity contribution in [2.45, 2.75) is 76.5 Å². The molecule has 112 valence electrons. The van der Waals surface area contributed by atoms with Crippen LogP contribution in [0.5, 0.6) is 0 Å². The number of nitrogens with one attached hydrogen (secondary N) is 1. The van der Waals surface area contributed by atoms with Gasteiger partial charge in [0.25, 0.3) is 0 Å². The summed E-state index contributed by atoms with van der Waals surface area (Å²) in [6, 6.07) is 7.48. The van der Waals surface area contributed by atoms with E-state index in [1.807, 2.05) is 11.3 Å². The minimum atomic E-state index is 0.609. The molecule has 3 heterocycles. The summed E-state index contributed by atoms with van der Waals surface area (Å²) in [5, 5.41) is 5.99. The molecule has 0 aromatic carbocycles. The first-order chi connectivity index (χ1) is 9.79. The van der Waals surface area contributed by atoms with E-state index in [9.17, 15) is 0 Å². The van der Waals surface area contributed by atoms with Crippen LogP contribution in [0, 0.1) is 0 Å². The monoisotopic (exact) mass is 292 g/mol. The van der Waals surface area contributed by atoms with E-state index in [2.05, 4.69) is 41.6 Å². The van der Waals surface area contributed by atoms with E-state index in [0.717, 1.165) is 18.1 Å². The largest absolute Gasteiger partial charge is 0.314 e. The first kappa shape index (κ1) is 14.6. The molecule has 3 rings (SSSR count). The Hall–Kier alpha value is -0.380. The van der Waals surface area contributed by atoms with Gasteiger partial charge < -0.3 is 5.32 Å². The van der Waals surface area contributed by atoms with E-state index in [1.165, 1.54) is 45.1 Å². The highest BCUT2D eigenvalue weighted by atomic mass is 32.1. The number of nitrogens with zero attached hydrogens (tertiary/aromatic N) is 1. The van der Waals surface area contributed by atoms with Crippen LogP contribution in [0.4, 0.5) is 0 Å². The maximum absolute atomic E-state index is 3.77. The Morgan fingerprint density at radius 3 is 2.70 bits per heavy atom. The Bertz CT molecular complexity index is 389. The van der Waals surface area contributed by atoms with Crippen molar-refractivity contribution in [1.29, 1.82) is 0 Å². The predicted octanol–water partition coefficient (Wildman–Crippen LogP) is 4.19. The van der Waals surface area contributed by atoms with Gasteiger partial charge in [0.1, 0.15) is 0 Å². The minimum Gasteiger partial charge on any atom is -0.314 e. The molecule has 2 saturated heterocycles. The van der Waals surface area contributed by atoms with Crippen LogP contribution in [0.3, 0.4) is 0 Å². The molecule has 0 saturated carbocycles. The molecule has 2 nitrogen and oxygen atoms in total. The molecular formula is C17H28N2S. The zero-order chi connectivity index (χ0) is 13.9. The fourth-order valence-electron chi connectivity index (χ4n) is 4.24. The van der Waals surface area contributed by atoms with Gasteiger partial charge in [-0.15, -0.1) is 11.3 Å². The quantitative estimate of drug-likeness (QED) is 0.875. The van der Waals surface area contributed by atoms with Crippen LogP contribution in [0.2, 0.25) is 0 Å². The van der Waals surface area contributed by atoms with Crippen molar-refractivity contribution in [1.82, 2.24) is 10.2 Å². The zero-order valence-electron chi connectivity index (χ0n) is 12.8. The minimum absolute atomic E-state index is 0.609. The SMILES string of the molecule is CCCNC1CC2CCCC(C1)N2C(C)c1cccs1. The maximum atomic E-state index is 3.77. The van der Waals surface area contributed by atoms with Crippen molar-refractivity contribution in [3.63, 3.8) is 0 Å². The topological polar surface area (TPSA) is 15.3 Å². The molecule has 3 heteroatoms. The highest BCUT2D eigenvalue weighted by molar-refractivity contribution is 7.10. The maximum Gasteiger partial charge on any atom is 0.0419 e. The normalized spacial score (nSPS) is 32.2. The molecule has 2 bridgehead atoms. The van der Waals surface area contributed by atoms with Crippen LogP contribution in [-0.2, 0) is 0 Å². The van der Waals surface area contributed by atoms with E-state index in [-0.39, 0.29) is 0 Å². The fraction of sp³-hybridized carbons (Fsp3) is 0.765. The van der Waals surface area contributed by atoms with Crippen molar-refractivity contribution in [3.05, 3.63) is 22.4 Å². The van der Waals surface area contributed by atoms with Crippen LogP contribution in [0.25, 0.3) is 0 Å². The van der Waals surface area contributed by atoms with Crippen molar-refractivity contribution < 1.29 is 0 Å². The molecule has 20 heavy (non-hydrogen) atoms. The second-order valence-corrected chi connectivity index (χ2v) is 7.48. The van der Waals surface area contributed by atoms with Crippen LogP contribution in [0.15, 0.2) is 17.5 Å². The molecule has 1 aromatic rings. The summed E-state index contributed by atoms with van der Waals surface area (Å²) in [4.78, 5) is 4.39. The van der Waals surface area contributed by atoms with Gasteiger partial charge in [0.05, 0.1) is 0 Å². The summed E-state index contributed by atoms with van der Waals surface area (Å²) in [7, 11) is 0. The lowest BCUT2D eigenvalue weighted by Crippen LogP contribution is -2.56. The molecule has 2 fully saturated rings. The average Bonchev–Trinajstić information content (AvgIpc) is 2.97. The lowest BCUT2D eigenvalue weighted by Gasteiger charge is -2.51. The van der Waals surface area contributed by atoms with Crippen LogP contribution < -0.4 is 5.32 Å². The lowest BCUT2D eigenvalue weighted by molar-refractivity contribution is -0.00518. The van der Waals surface area contributed by atoms with Crippen molar-refractivity contribution in [2.75, 3.05) is 6.54 Å². The average molecular weight is 292 g/mol. The van der Waals surface area contributed by atoms with Gasteiger partial charge in [-0.1, -0.05) is 19.4 Å². The Morgan fingerprint density at radius 1 is 1.35 bits per heavy atom. The number of rotatable bonds is 5. The van der Waals surface area contributed by atoms with E-state index in [4.69, 9.17) is 0 Å². The zero-order valence-corrected chi connectivity index (χ0v) is 13.7. The molecule has 0 radical (unpaired) electrons. The smallest absolute Gasteiger partial charge is 0.0419 e. The predicted molar refractivity (Wildman–Crippen MR) is 87.3 cm³/mol. The van der Waals surface area contributed by atoms with Gasteiger partial charge in [0.15, 0.2) is 0 Å².